The van der Waals surface area contributed by atoms with Crippen molar-refractivity contribution >= 4 is 33.7 Å². The van der Waals surface area contributed by atoms with Crippen molar-refractivity contribution in [2.24, 2.45) is 0 Å². The number of non-ortho nitro benzene ring substituents is 1. The van der Waals surface area contributed by atoms with E-state index in [1.807, 2.05) is 24.3 Å². The summed E-state index contributed by atoms with van der Waals surface area (Å²) in [6.07, 6.45) is 0. The van der Waals surface area contributed by atoms with Crippen LogP contribution in [0.15, 0.2) is 82.0 Å². The minimum Gasteiger partial charge on any atom is -0.423 e. The summed E-state index contributed by atoms with van der Waals surface area (Å²) in [7, 11) is 0. The van der Waals surface area contributed by atoms with Crippen molar-refractivity contribution in [3.8, 4) is 0 Å². The van der Waals surface area contributed by atoms with Gasteiger partial charge in [-0.2, -0.15) is 0 Å². The van der Waals surface area contributed by atoms with Gasteiger partial charge in [-0.25, -0.2) is 4.79 Å². The summed E-state index contributed by atoms with van der Waals surface area (Å²) >= 11 is 0. The molecule has 0 bridgehead atoms. The number of nitrogens with zero attached hydrogens (tertiary/aromatic N) is 1. The van der Waals surface area contributed by atoms with Crippen molar-refractivity contribution in [1.82, 2.24) is 0 Å². The smallest absolute Gasteiger partial charge is 0.338 e. The molecule has 1 aromatic heterocycles. The predicted octanol–water partition coefficient (Wildman–Crippen LogP) is 5.37. The van der Waals surface area contributed by atoms with Gasteiger partial charge < -0.3 is 15.1 Å². The van der Waals surface area contributed by atoms with Crippen molar-refractivity contribution in [2.45, 2.75) is 13.5 Å². The molecule has 0 spiro atoms. The van der Waals surface area contributed by atoms with Crippen LogP contribution in [-0.2, 0) is 6.54 Å². The SMILES string of the molecule is Cc1ccc(CNc2ccc(Nc3cc(=O)oc4ccc([N+](=O)[O-])cc34)cc2)cc1. The Morgan fingerprint density at radius 3 is 2.33 bits per heavy atom. The molecule has 0 saturated carbocycles. The summed E-state index contributed by atoms with van der Waals surface area (Å²) in [5.74, 6) is 0. The van der Waals surface area contributed by atoms with Crippen LogP contribution in [0, 0.1) is 17.0 Å². The quantitative estimate of drug-likeness (QED) is 0.256. The maximum Gasteiger partial charge on any atom is 0.338 e. The molecule has 0 unspecified atom stereocenters. The Morgan fingerprint density at radius 2 is 1.63 bits per heavy atom. The third-order valence-corrected chi connectivity index (χ3v) is 4.72. The standard InChI is InChI=1S/C23H19N3O4/c1-15-2-4-16(5-3-15)14-24-17-6-8-18(9-7-17)25-21-13-23(27)30-22-11-10-19(26(28)29)12-20(21)22/h2-13,24-25H,14H2,1H3. The van der Waals surface area contributed by atoms with Crippen LogP contribution in [0.5, 0.6) is 0 Å². The van der Waals surface area contributed by atoms with Crippen molar-refractivity contribution in [1.29, 1.82) is 0 Å². The van der Waals surface area contributed by atoms with Crippen LogP contribution in [0.1, 0.15) is 11.1 Å². The molecule has 150 valence electrons. The highest BCUT2D eigenvalue weighted by molar-refractivity contribution is 5.93. The molecular weight excluding hydrogens is 382 g/mol. The van der Waals surface area contributed by atoms with Gasteiger partial charge in [-0.1, -0.05) is 29.8 Å². The Hall–Kier alpha value is -4.13. The molecule has 7 heteroatoms. The Labute approximate surface area is 172 Å². The Morgan fingerprint density at radius 1 is 0.933 bits per heavy atom. The Kier molecular flexibility index (Phi) is 5.17. The predicted molar refractivity (Wildman–Crippen MR) is 117 cm³/mol. The number of nitrogens with one attached hydrogen (secondary N) is 2. The van der Waals surface area contributed by atoms with Crippen LogP contribution < -0.4 is 16.3 Å². The van der Waals surface area contributed by atoms with Gasteiger partial charge in [0, 0.05) is 41.5 Å². The lowest BCUT2D eigenvalue weighted by atomic mass is 10.1. The highest BCUT2D eigenvalue weighted by atomic mass is 16.6. The minimum absolute atomic E-state index is 0.0740. The summed E-state index contributed by atoms with van der Waals surface area (Å²) in [5.41, 5.74) is 4.24. The fraction of sp³-hybridized carbons (Fsp3) is 0.0870. The topological polar surface area (TPSA) is 97.4 Å². The van der Waals surface area contributed by atoms with Gasteiger partial charge in [0.1, 0.15) is 5.58 Å². The lowest BCUT2D eigenvalue weighted by Crippen LogP contribution is -2.02. The number of hydrogen-bond donors (Lipinski definition) is 2. The molecule has 0 saturated heterocycles. The van der Waals surface area contributed by atoms with Gasteiger partial charge >= 0.3 is 5.63 Å². The molecule has 4 rings (SSSR count). The second-order valence-corrected chi connectivity index (χ2v) is 6.96. The molecule has 4 aromatic rings. The Bertz CT molecular complexity index is 1260. The lowest BCUT2D eigenvalue weighted by Gasteiger charge is -2.11. The van der Waals surface area contributed by atoms with E-state index in [1.165, 1.54) is 35.4 Å². The van der Waals surface area contributed by atoms with Crippen molar-refractivity contribution < 1.29 is 9.34 Å². The van der Waals surface area contributed by atoms with Crippen molar-refractivity contribution in [3.63, 3.8) is 0 Å². The number of benzene rings is 3. The second-order valence-electron chi connectivity index (χ2n) is 6.96. The first-order valence-corrected chi connectivity index (χ1v) is 9.37. The van der Waals surface area contributed by atoms with E-state index >= 15 is 0 Å². The highest BCUT2D eigenvalue weighted by Crippen LogP contribution is 2.28. The highest BCUT2D eigenvalue weighted by Gasteiger charge is 2.12. The molecular formula is C23H19N3O4. The number of fused-ring (bicyclic) bond motifs is 1. The molecule has 1 heterocycles. The normalized spacial score (nSPS) is 10.7. The molecule has 30 heavy (non-hydrogen) atoms. The molecule has 0 fully saturated rings. The third-order valence-electron chi connectivity index (χ3n) is 4.72. The van der Waals surface area contributed by atoms with Gasteiger partial charge in [0.15, 0.2) is 0 Å². The maximum absolute atomic E-state index is 11.9. The molecule has 0 atom stereocenters. The lowest BCUT2D eigenvalue weighted by molar-refractivity contribution is -0.384. The van der Waals surface area contributed by atoms with Crippen LogP contribution in [0.4, 0.5) is 22.7 Å². The van der Waals surface area contributed by atoms with E-state index in [9.17, 15) is 14.9 Å². The maximum atomic E-state index is 11.9. The van der Waals surface area contributed by atoms with Gasteiger partial charge in [-0.05, 0) is 42.8 Å². The summed E-state index contributed by atoms with van der Waals surface area (Å²) in [6.45, 7) is 2.77. The molecule has 0 aliphatic heterocycles. The summed E-state index contributed by atoms with van der Waals surface area (Å²) in [5, 5.41) is 18.1. The molecule has 0 radical (unpaired) electrons. The zero-order valence-corrected chi connectivity index (χ0v) is 16.2. The number of hydrogen-bond acceptors (Lipinski definition) is 6. The molecule has 0 aliphatic carbocycles. The van der Waals surface area contributed by atoms with Crippen LogP contribution in [0.25, 0.3) is 11.0 Å². The first-order chi connectivity index (χ1) is 14.5. The largest absolute Gasteiger partial charge is 0.423 e. The number of nitro benzene ring substituents is 1. The number of rotatable bonds is 6. The van der Waals surface area contributed by atoms with E-state index in [4.69, 9.17) is 4.42 Å². The molecule has 2 N–H and O–H groups in total. The van der Waals surface area contributed by atoms with E-state index in [2.05, 4.69) is 41.8 Å². The summed E-state index contributed by atoms with van der Waals surface area (Å²) in [6, 6.07) is 21.3. The zero-order chi connectivity index (χ0) is 21.1. The average molecular weight is 401 g/mol. The van der Waals surface area contributed by atoms with Gasteiger partial charge in [0.05, 0.1) is 10.6 Å². The van der Waals surface area contributed by atoms with Crippen molar-refractivity contribution in [3.05, 3.63) is 104 Å². The average Bonchev–Trinajstić information content (AvgIpc) is 2.74. The number of nitro groups is 1. The fourth-order valence-corrected chi connectivity index (χ4v) is 3.10. The van der Waals surface area contributed by atoms with Crippen molar-refractivity contribution in [2.75, 3.05) is 10.6 Å². The summed E-state index contributed by atoms with van der Waals surface area (Å²) < 4.78 is 5.15. The van der Waals surface area contributed by atoms with Crippen LogP contribution in [-0.4, -0.2) is 4.92 Å². The van der Waals surface area contributed by atoms with Crippen LogP contribution in [0.2, 0.25) is 0 Å². The molecule has 3 aromatic carbocycles. The Balaban J connectivity index is 1.53. The van der Waals surface area contributed by atoms with E-state index in [0.717, 1.165) is 11.4 Å². The van der Waals surface area contributed by atoms with E-state index in [-0.39, 0.29) is 11.3 Å². The number of aryl methyl sites for hydroxylation is 1. The van der Waals surface area contributed by atoms with Gasteiger partial charge in [0.25, 0.3) is 5.69 Å². The first-order valence-electron chi connectivity index (χ1n) is 9.37. The monoisotopic (exact) mass is 401 g/mol. The molecule has 7 nitrogen and oxygen atoms in total. The van der Waals surface area contributed by atoms with E-state index in [0.29, 0.717) is 17.6 Å². The van der Waals surface area contributed by atoms with Gasteiger partial charge in [-0.3, -0.25) is 10.1 Å². The summed E-state index contributed by atoms with van der Waals surface area (Å²) in [4.78, 5) is 22.5. The fourth-order valence-electron chi connectivity index (χ4n) is 3.10. The first kappa shape index (κ1) is 19.2. The molecule has 0 amide bonds. The third kappa shape index (κ3) is 4.30. The molecule has 0 aliphatic rings. The zero-order valence-electron chi connectivity index (χ0n) is 16.2. The van der Waals surface area contributed by atoms with E-state index in [1.54, 1.807) is 0 Å². The van der Waals surface area contributed by atoms with Crippen LogP contribution in [0.3, 0.4) is 0 Å². The second kappa shape index (κ2) is 8.08. The number of anilines is 3. The van der Waals surface area contributed by atoms with E-state index < -0.39 is 10.5 Å². The minimum atomic E-state index is -0.532. The van der Waals surface area contributed by atoms with Crippen LogP contribution >= 0.6 is 0 Å². The van der Waals surface area contributed by atoms with Gasteiger partial charge in [0.2, 0.25) is 0 Å². The van der Waals surface area contributed by atoms with Gasteiger partial charge in [-0.15, -0.1) is 0 Å².